The quantitative estimate of drug-likeness (QED) is 0.291. The molecule has 1 N–H and O–H groups in total. The minimum absolute atomic E-state index is 0. The van der Waals surface area contributed by atoms with E-state index in [1.165, 1.54) is 0 Å². The second-order valence-electron chi connectivity index (χ2n) is 9.25. The van der Waals surface area contributed by atoms with Crippen molar-refractivity contribution in [2.45, 2.75) is 31.9 Å². The van der Waals surface area contributed by atoms with Crippen molar-refractivity contribution in [1.29, 1.82) is 0 Å². The van der Waals surface area contributed by atoms with Crippen LogP contribution in [0.15, 0.2) is 53.2 Å². The van der Waals surface area contributed by atoms with Gasteiger partial charge >= 0.3 is 12.4 Å². The summed E-state index contributed by atoms with van der Waals surface area (Å²) in [4.78, 5) is 18.8. The van der Waals surface area contributed by atoms with Gasteiger partial charge in [-0.05, 0) is 37.3 Å². The Labute approximate surface area is 235 Å². The van der Waals surface area contributed by atoms with E-state index in [0.29, 0.717) is 37.0 Å². The van der Waals surface area contributed by atoms with E-state index in [2.05, 4.69) is 20.2 Å². The normalized spacial score (nSPS) is 15.0. The number of halogens is 7. The van der Waals surface area contributed by atoms with Crippen LogP contribution in [-0.4, -0.2) is 64.0 Å². The SMILES string of the molecule is C[C@H](Oc1ccc(-c2nc(-c3cccc4c3ccn4CC(=O)N3CCNCC3)no2)cc1C(F)(F)F)C(F)(F)F.Cl. The molecular formula is C26H24ClF6N5O3. The molecule has 0 aliphatic carbocycles. The van der Waals surface area contributed by atoms with E-state index in [9.17, 15) is 31.1 Å². The third-order valence-corrected chi connectivity index (χ3v) is 6.55. The lowest BCUT2D eigenvalue weighted by molar-refractivity contribution is -0.191. The van der Waals surface area contributed by atoms with E-state index in [-0.39, 0.29) is 42.1 Å². The summed E-state index contributed by atoms with van der Waals surface area (Å²) in [6.45, 7) is 3.46. The van der Waals surface area contributed by atoms with Gasteiger partial charge in [0, 0.05) is 54.4 Å². The summed E-state index contributed by atoms with van der Waals surface area (Å²) in [5.41, 5.74) is -0.304. The summed E-state index contributed by atoms with van der Waals surface area (Å²) in [6.07, 6.45) is -10.5. The molecule has 1 aliphatic heterocycles. The molecule has 0 unspecified atom stereocenters. The van der Waals surface area contributed by atoms with Crippen molar-refractivity contribution in [3.63, 3.8) is 0 Å². The van der Waals surface area contributed by atoms with Crippen molar-refractivity contribution < 1.29 is 40.4 Å². The summed E-state index contributed by atoms with van der Waals surface area (Å²) in [6, 6.07) is 9.55. The number of carbonyl (C=O) groups excluding carboxylic acids is 1. The lowest BCUT2D eigenvalue weighted by Crippen LogP contribution is -2.47. The van der Waals surface area contributed by atoms with Gasteiger partial charge in [0.1, 0.15) is 12.3 Å². The summed E-state index contributed by atoms with van der Waals surface area (Å²) in [7, 11) is 0. The molecule has 5 rings (SSSR count). The number of piperazine rings is 1. The Hall–Kier alpha value is -3.78. The fourth-order valence-corrected chi connectivity index (χ4v) is 4.41. The van der Waals surface area contributed by atoms with Crippen LogP contribution in [0.1, 0.15) is 12.5 Å². The Morgan fingerprint density at radius 3 is 2.51 bits per heavy atom. The Balaban J connectivity index is 0.00000387. The number of amides is 1. The average Bonchev–Trinajstić information content (AvgIpc) is 3.56. The lowest BCUT2D eigenvalue weighted by atomic mass is 10.1. The van der Waals surface area contributed by atoms with Crippen molar-refractivity contribution in [3.05, 3.63) is 54.2 Å². The second kappa shape index (κ2) is 11.6. The molecule has 220 valence electrons. The smallest absolute Gasteiger partial charge is 0.425 e. The fraction of sp³-hybridized carbons (Fsp3) is 0.346. The van der Waals surface area contributed by atoms with Crippen molar-refractivity contribution in [2.24, 2.45) is 0 Å². The van der Waals surface area contributed by atoms with E-state index in [0.717, 1.165) is 30.7 Å². The van der Waals surface area contributed by atoms with Crippen LogP contribution < -0.4 is 10.1 Å². The Morgan fingerprint density at radius 2 is 1.83 bits per heavy atom. The topological polar surface area (TPSA) is 85.4 Å². The van der Waals surface area contributed by atoms with Crippen molar-refractivity contribution in [3.8, 4) is 28.6 Å². The van der Waals surface area contributed by atoms with Gasteiger partial charge in [0.15, 0.2) is 6.10 Å². The number of carbonyl (C=O) groups is 1. The molecule has 1 saturated heterocycles. The largest absolute Gasteiger partial charge is 0.481 e. The number of ether oxygens (including phenoxy) is 1. The highest BCUT2D eigenvalue weighted by molar-refractivity contribution is 5.94. The van der Waals surface area contributed by atoms with E-state index in [4.69, 9.17) is 4.52 Å². The maximum Gasteiger partial charge on any atom is 0.425 e. The Morgan fingerprint density at radius 1 is 1.10 bits per heavy atom. The van der Waals surface area contributed by atoms with Crippen LogP contribution >= 0.6 is 12.4 Å². The predicted molar refractivity (Wildman–Crippen MR) is 139 cm³/mol. The third kappa shape index (κ3) is 6.43. The molecule has 0 radical (unpaired) electrons. The predicted octanol–water partition coefficient (Wildman–Crippen LogP) is 5.56. The number of hydrogen-bond donors (Lipinski definition) is 1. The first-order valence-electron chi connectivity index (χ1n) is 12.3. The molecule has 0 bridgehead atoms. The number of benzene rings is 2. The van der Waals surface area contributed by atoms with Crippen LogP contribution in [0.3, 0.4) is 0 Å². The molecule has 2 aromatic carbocycles. The molecular weight excluding hydrogens is 580 g/mol. The van der Waals surface area contributed by atoms with Gasteiger partial charge in [-0.1, -0.05) is 17.3 Å². The van der Waals surface area contributed by atoms with Crippen LogP contribution in [0.2, 0.25) is 0 Å². The fourth-order valence-electron chi connectivity index (χ4n) is 4.41. The Kier molecular flexibility index (Phi) is 8.54. The van der Waals surface area contributed by atoms with Gasteiger partial charge in [-0.2, -0.15) is 31.3 Å². The number of nitrogens with zero attached hydrogens (tertiary/aromatic N) is 4. The van der Waals surface area contributed by atoms with Crippen molar-refractivity contribution in [2.75, 3.05) is 26.2 Å². The van der Waals surface area contributed by atoms with Crippen LogP contribution in [-0.2, 0) is 17.5 Å². The molecule has 1 atom stereocenters. The summed E-state index contributed by atoms with van der Waals surface area (Å²) >= 11 is 0. The van der Waals surface area contributed by atoms with Gasteiger partial charge in [0.2, 0.25) is 11.7 Å². The summed E-state index contributed by atoms with van der Waals surface area (Å²) < 4.78 is 91.3. The van der Waals surface area contributed by atoms with E-state index >= 15 is 0 Å². The minimum atomic E-state index is -5.00. The zero-order chi connectivity index (χ0) is 28.7. The van der Waals surface area contributed by atoms with Gasteiger partial charge in [-0.3, -0.25) is 4.79 Å². The number of nitrogens with one attached hydrogen (secondary N) is 1. The van der Waals surface area contributed by atoms with Crippen LogP contribution in [0.5, 0.6) is 5.75 Å². The van der Waals surface area contributed by atoms with Gasteiger partial charge in [-0.25, -0.2) is 0 Å². The molecule has 0 spiro atoms. The zero-order valence-corrected chi connectivity index (χ0v) is 22.2. The maximum atomic E-state index is 13.7. The first-order valence-corrected chi connectivity index (χ1v) is 12.3. The summed E-state index contributed by atoms with van der Waals surface area (Å²) in [5, 5.41) is 7.81. The molecule has 2 aromatic heterocycles. The second-order valence-corrected chi connectivity index (χ2v) is 9.25. The highest BCUT2D eigenvalue weighted by atomic mass is 35.5. The first kappa shape index (κ1) is 30.2. The highest BCUT2D eigenvalue weighted by Gasteiger charge is 2.41. The molecule has 1 amide bonds. The molecule has 41 heavy (non-hydrogen) atoms. The molecule has 4 aromatic rings. The number of alkyl halides is 6. The lowest BCUT2D eigenvalue weighted by Gasteiger charge is -2.27. The number of aromatic nitrogens is 3. The molecule has 15 heteroatoms. The molecule has 0 saturated carbocycles. The maximum absolute atomic E-state index is 13.7. The van der Waals surface area contributed by atoms with Crippen LogP contribution in [0.4, 0.5) is 26.3 Å². The first-order chi connectivity index (χ1) is 18.9. The average molecular weight is 604 g/mol. The zero-order valence-electron chi connectivity index (χ0n) is 21.4. The van der Waals surface area contributed by atoms with Crippen LogP contribution in [0, 0.1) is 0 Å². The standard InChI is InChI=1S/C26H23F6N5O3.ClH/c1-15(25(27,28)29)39-21-6-5-16(13-19(21)26(30,31)32)24-34-23(35-40-24)18-3-2-4-20-17(18)7-10-37(20)14-22(38)36-11-8-33-9-12-36;/h2-7,10,13,15,33H,8-9,11-12,14H2,1H3;1H/t15-;/m0./s1. The minimum Gasteiger partial charge on any atom is -0.481 e. The van der Waals surface area contributed by atoms with E-state index < -0.39 is 29.8 Å². The van der Waals surface area contributed by atoms with Gasteiger partial charge < -0.3 is 24.0 Å². The molecule has 1 aliphatic rings. The number of rotatable bonds is 6. The molecule has 1 fully saturated rings. The van der Waals surface area contributed by atoms with Gasteiger partial charge in [0.25, 0.3) is 5.89 Å². The van der Waals surface area contributed by atoms with Gasteiger partial charge in [0.05, 0.1) is 5.56 Å². The Bertz CT molecular complexity index is 1530. The van der Waals surface area contributed by atoms with E-state index in [1.54, 1.807) is 33.9 Å². The monoisotopic (exact) mass is 603 g/mol. The molecule has 8 nitrogen and oxygen atoms in total. The molecule has 3 heterocycles. The van der Waals surface area contributed by atoms with Crippen molar-refractivity contribution in [1.82, 2.24) is 24.9 Å². The van der Waals surface area contributed by atoms with Crippen LogP contribution in [0.25, 0.3) is 33.7 Å². The van der Waals surface area contributed by atoms with Crippen molar-refractivity contribution >= 4 is 29.2 Å². The van der Waals surface area contributed by atoms with Gasteiger partial charge in [-0.15, -0.1) is 12.4 Å². The van der Waals surface area contributed by atoms with E-state index in [1.807, 2.05) is 6.07 Å². The highest BCUT2D eigenvalue weighted by Crippen LogP contribution is 2.40. The summed E-state index contributed by atoms with van der Waals surface area (Å²) in [5.74, 6) is -1.17. The third-order valence-electron chi connectivity index (χ3n) is 6.55. The number of fused-ring (bicyclic) bond motifs is 1. The number of hydrogen-bond acceptors (Lipinski definition) is 6.